The maximum atomic E-state index is 5.88. The molecule has 4 heteroatoms. The number of rotatable bonds is 3. The predicted molar refractivity (Wildman–Crippen MR) is 77.4 cm³/mol. The average molecular weight is 268 g/mol. The molecule has 1 fully saturated rings. The van der Waals surface area contributed by atoms with Crippen molar-refractivity contribution in [1.29, 1.82) is 0 Å². The smallest absolute Gasteiger partial charge is 0.128 e. The van der Waals surface area contributed by atoms with E-state index in [0.29, 0.717) is 11.1 Å². The SMILES string of the molecule is CC(C)(C)NCC1CCCN1c1ccc(Cl)cn1. The Bertz CT molecular complexity index is 383. The van der Waals surface area contributed by atoms with Crippen molar-refractivity contribution < 1.29 is 0 Å². The zero-order valence-corrected chi connectivity index (χ0v) is 12.2. The molecule has 1 unspecified atom stereocenters. The highest BCUT2D eigenvalue weighted by Crippen LogP contribution is 2.24. The monoisotopic (exact) mass is 267 g/mol. The lowest BCUT2D eigenvalue weighted by atomic mass is 10.1. The molecule has 3 nitrogen and oxygen atoms in total. The first-order valence-corrected chi connectivity index (χ1v) is 6.97. The zero-order valence-electron chi connectivity index (χ0n) is 11.4. The van der Waals surface area contributed by atoms with Gasteiger partial charge in [0.05, 0.1) is 5.02 Å². The number of nitrogens with zero attached hydrogens (tertiary/aromatic N) is 2. The number of pyridine rings is 1. The Hall–Kier alpha value is -0.800. The molecule has 2 heterocycles. The molecule has 1 N–H and O–H groups in total. The highest BCUT2D eigenvalue weighted by molar-refractivity contribution is 6.30. The Morgan fingerprint density at radius 2 is 2.22 bits per heavy atom. The molecule has 1 aromatic heterocycles. The molecular weight excluding hydrogens is 246 g/mol. The summed E-state index contributed by atoms with van der Waals surface area (Å²) in [5.41, 5.74) is 0.168. The summed E-state index contributed by atoms with van der Waals surface area (Å²) in [6.45, 7) is 8.70. The molecule has 1 aromatic rings. The van der Waals surface area contributed by atoms with Crippen molar-refractivity contribution in [2.45, 2.75) is 45.2 Å². The molecule has 18 heavy (non-hydrogen) atoms. The van der Waals surface area contributed by atoms with Gasteiger partial charge in [0.2, 0.25) is 0 Å². The van der Waals surface area contributed by atoms with E-state index in [9.17, 15) is 0 Å². The van der Waals surface area contributed by atoms with E-state index in [1.807, 2.05) is 12.1 Å². The minimum absolute atomic E-state index is 0.168. The van der Waals surface area contributed by atoms with Crippen molar-refractivity contribution in [3.8, 4) is 0 Å². The minimum atomic E-state index is 0.168. The van der Waals surface area contributed by atoms with Gasteiger partial charge in [-0.25, -0.2) is 4.98 Å². The van der Waals surface area contributed by atoms with Gasteiger partial charge in [0.15, 0.2) is 0 Å². The normalized spacial score (nSPS) is 20.4. The van der Waals surface area contributed by atoms with Crippen molar-refractivity contribution in [2.75, 3.05) is 18.0 Å². The van der Waals surface area contributed by atoms with Gasteiger partial charge in [0.1, 0.15) is 5.82 Å². The Kier molecular flexibility index (Phi) is 4.13. The van der Waals surface area contributed by atoms with E-state index >= 15 is 0 Å². The van der Waals surface area contributed by atoms with E-state index in [0.717, 1.165) is 18.9 Å². The van der Waals surface area contributed by atoms with Crippen LogP contribution in [0, 0.1) is 0 Å². The second-order valence-corrected chi connectivity index (χ2v) is 6.39. The molecule has 1 aliphatic rings. The lowest BCUT2D eigenvalue weighted by Gasteiger charge is -2.29. The lowest BCUT2D eigenvalue weighted by molar-refractivity contribution is 0.404. The van der Waals surface area contributed by atoms with Crippen molar-refractivity contribution in [2.24, 2.45) is 0 Å². The molecule has 100 valence electrons. The highest BCUT2D eigenvalue weighted by Gasteiger charge is 2.26. The third-order valence-corrected chi connectivity index (χ3v) is 3.47. The topological polar surface area (TPSA) is 28.2 Å². The number of hydrogen-bond donors (Lipinski definition) is 1. The minimum Gasteiger partial charge on any atom is -0.352 e. The second-order valence-electron chi connectivity index (χ2n) is 5.95. The van der Waals surface area contributed by atoms with Gasteiger partial charge in [-0.05, 0) is 45.7 Å². The summed E-state index contributed by atoms with van der Waals surface area (Å²) in [4.78, 5) is 6.81. The largest absolute Gasteiger partial charge is 0.352 e. The van der Waals surface area contributed by atoms with Gasteiger partial charge in [-0.1, -0.05) is 11.6 Å². The molecule has 1 saturated heterocycles. The number of aromatic nitrogens is 1. The van der Waals surface area contributed by atoms with Gasteiger partial charge in [-0.2, -0.15) is 0 Å². The van der Waals surface area contributed by atoms with Crippen molar-refractivity contribution in [3.63, 3.8) is 0 Å². The summed E-state index contributed by atoms with van der Waals surface area (Å²) in [6.07, 6.45) is 4.19. The molecular formula is C14H22ClN3. The van der Waals surface area contributed by atoms with Crippen molar-refractivity contribution >= 4 is 17.4 Å². The first kappa shape index (κ1) is 13.6. The first-order chi connectivity index (χ1) is 8.46. The van der Waals surface area contributed by atoms with Crippen LogP contribution in [0.15, 0.2) is 18.3 Å². The van der Waals surface area contributed by atoms with E-state index in [4.69, 9.17) is 11.6 Å². The van der Waals surface area contributed by atoms with Gasteiger partial charge in [0.25, 0.3) is 0 Å². The molecule has 2 rings (SSSR count). The summed E-state index contributed by atoms with van der Waals surface area (Å²) in [7, 11) is 0. The van der Waals surface area contributed by atoms with Gasteiger partial charge >= 0.3 is 0 Å². The van der Waals surface area contributed by atoms with Crippen LogP contribution in [0.4, 0.5) is 5.82 Å². The summed E-state index contributed by atoms with van der Waals surface area (Å²) >= 11 is 5.88. The fourth-order valence-corrected chi connectivity index (χ4v) is 2.42. The third kappa shape index (κ3) is 3.59. The standard InChI is InChI=1S/C14H22ClN3/c1-14(2,3)17-10-12-5-4-8-18(12)13-7-6-11(15)9-16-13/h6-7,9,12,17H,4-5,8,10H2,1-3H3. The van der Waals surface area contributed by atoms with E-state index in [1.165, 1.54) is 12.8 Å². The van der Waals surface area contributed by atoms with Crippen LogP contribution < -0.4 is 10.2 Å². The lowest BCUT2D eigenvalue weighted by Crippen LogP contribution is -2.45. The summed E-state index contributed by atoms with van der Waals surface area (Å²) in [5, 5.41) is 4.28. The van der Waals surface area contributed by atoms with E-state index in [2.05, 4.69) is 36.0 Å². The number of hydrogen-bond acceptors (Lipinski definition) is 3. The number of halogens is 1. The Morgan fingerprint density at radius 1 is 1.44 bits per heavy atom. The van der Waals surface area contributed by atoms with Gasteiger partial charge in [0, 0.05) is 30.9 Å². The molecule has 0 aliphatic carbocycles. The zero-order chi connectivity index (χ0) is 13.2. The number of anilines is 1. The van der Waals surface area contributed by atoms with Crippen LogP contribution in [-0.2, 0) is 0 Å². The Labute approximate surface area is 115 Å². The summed E-state index contributed by atoms with van der Waals surface area (Å²) in [5.74, 6) is 1.04. The molecule has 1 aliphatic heterocycles. The maximum Gasteiger partial charge on any atom is 0.128 e. The predicted octanol–water partition coefficient (Wildman–Crippen LogP) is 3.09. The van der Waals surface area contributed by atoms with E-state index in [1.54, 1.807) is 6.20 Å². The summed E-state index contributed by atoms with van der Waals surface area (Å²) in [6, 6.07) is 4.46. The second kappa shape index (κ2) is 5.45. The van der Waals surface area contributed by atoms with E-state index in [-0.39, 0.29) is 5.54 Å². The van der Waals surface area contributed by atoms with Crippen LogP contribution >= 0.6 is 11.6 Å². The van der Waals surface area contributed by atoms with Gasteiger partial charge < -0.3 is 10.2 Å². The van der Waals surface area contributed by atoms with Crippen LogP contribution in [0.25, 0.3) is 0 Å². The first-order valence-electron chi connectivity index (χ1n) is 6.59. The van der Waals surface area contributed by atoms with Crippen LogP contribution in [0.2, 0.25) is 5.02 Å². The van der Waals surface area contributed by atoms with Gasteiger partial charge in [-0.3, -0.25) is 0 Å². The highest BCUT2D eigenvalue weighted by atomic mass is 35.5. The fourth-order valence-electron chi connectivity index (χ4n) is 2.31. The average Bonchev–Trinajstić information content (AvgIpc) is 2.75. The molecule has 0 bridgehead atoms. The quantitative estimate of drug-likeness (QED) is 0.912. The van der Waals surface area contributed by atoms with E-state index < -0.39 is 0 Å². The molecule has 0 amide bonds. The Morgan fingerprint density at radius 3 is 2.83 bits per heavy atom. The van der Waals surface area contributed by atoms with Crippen LogP contribution in [-0.4, -0.2) is 29.7 Å². The third-order valence-electron chi connectivity index (χ3n) is 3.25. The molecule has 0 spiro atoms. The van der Waals surface area contributed by atoms with Crippen LogP contribution in [0.5, 0.6) is 0 Å². The molecule has 0 aromatic carbocycles. The maximum absolute atomic E-state index is 5.88. The summed E-state index contributed by atoms with van der Waals surface area (Å²) < 4.78 is 0. The fraction of sp³-hybridized carbons (Fsp3) is 0.643. The van der Waals surface area contributed by atoms with Crippen molar-refractivity contribution in [1.82, 2.24) is 10.3 Å². The Balaban J connectivity index is 2.01. The van der Waals surface area contributed by atoms with Crippen LogP contribution in [0.3, 0.4) is 0 Å². The number of nitrogens with one attached hydrogen (secondary N) is 1. The molecule has 0 saturated carbocycles. The van der Waals surface area contributed by atoms with Crippen molar-refractivity contribution in [3.05, 3.63) is 23.4 Å². The van der Waals surface area contributed by atoms with Crippen LogP contribution in [0.1, 0.15) is 33.6 Å². The molecule has 0 radical (unpaired) electrons. The van der Waals surface area contributed by atoms with Gasteiger partial charge in [-0.15, -0.1) is 0 Å². The molecule has 1 atom stereocenters.